The van der Waals surface area contributed by atoms with Gasteiger partial charge in [0.2, 0.25) is 0 Å². The first-order chi connectivity index (χ1) is 12.5. The van der Waals surface area contributed by atoms with Gasteiger partial charge in [0.1, 0.15) is 18.2 Å². The van der Waals surface area contributed by atoms with Crippen molar-refractivity contribution in [3.05, 3.63) is 58.1 Å². The molecule has 0 atom stereocenters. The Labute approximate surface area is 149 Å². The van der Waals surface area contributed by atoms with E-state index in [0.29, 0.717) is 16.2 Å². The fraction of sp³-hybridized carbons (Fsp3) is 0.0952. The van der Waals surface area contributed by atoms with Crippen molar-refractivity contribution in [2.24, 2.45) is 0 Å². The molecule has 0 fully saturated rings. The molecule has 0 heterocycles. The number of Topliss-reactive ketones (excluding diaryl/α,β-unsaturated/α-hetero) is 2. The van der Waals surface area contributed by atoms with Crippen LogP contribution in [0.4, 0.5) is 0 Å². The summed E-state index contributed by atoms with van der Waals surface area (Å²) in [6, 6.07) is 14.5. The van der Waals surface area contributed by atoms with Crippen molar-refractivity contribution in [3.63, 3.8) is 0 Å². The molecule has 122 valence electrons. The van der Waals surface area contributed by atoms with E-state index in [1.807, 2.05) is 18.2 Å². The maximum Gasteiger partial charge on any atom is 0.161 e. The quantitative estimate of drug-likeness (QED) is 0.519. The third-order valence-electron chi connectivity index (χ3n) is 4.36. The van der Waals surface area contributed by atoms with E-state index in [1.165, 1.54) is 13.8 Å². The molecule has 0 amide bonds. The number of rotatable bonds is 2. The molecule has 0 bridgehead atoms. The van der Waals surface area contributed by atoms with E-state index < -0.39 is 5.78 Å². The van der Waals surface area contributed by atoms with Gasteiger partial charge in [-0.25, -0.2) is 0 Å². The van der Waals surface area contributed by atoms with Crippen molar-refractivity contribution in [1.82, 2.24) is 0 Å². The van der Waals surface area contributed by atoms with Gasteiger partial charge in [0.05, 0.1) is 16.7 Å². The van der Waals surface area contributed by atoms with Gasteiger partial charge in [0, 0.05) is 21.9 Å². The molecule has 3 rings (SSSR count). The first kappa shape index (κ1) is 16.8. The van der Waals surface area contributed by atoms with Gasteiger partial charge in [-0.05, 0) is 30.7 Å². The normalized spacial score (nSPS) is 10.1. The molecule has 0 saturated carbocycles. The third-order valence-corrected chi connectivity index (χ3v) is 4.36. The van der Waals surface area contributed by atoms with Gasteiger partial charge in [0.15, 0.2) is 11.6 Å². The van der Waals surface area contributed by atoms with E-state index >= 15 is 0 Å². The number of hydrogen-bond donors (Lipinski definition) is 0. The maximum atomic E-state index is 12.5. The molecule has 0 N–H and O–H groups in total. The van der Waals surface area contributed by atoms with E-state index in [0.717, 1.165) is 0 Å². The minimum atomic E-state index is -0.440. The predicted octanol–water partition coefficient (Wildman–Crippen LogP) is 4.01. The van der Waals surface area contributed by atoms with Crippen LogP contribution >= 0.6 is 0 Å². The van der Waals surface area contributed by atoms with E-state index in [1.54, 1.807) is 30.3 Å². The molecule has 5 nitrogen and oxygen atoms in total. The van der Waals surface area contributed by atoms with Crippen LogP contribution in [0, 0.1) is 34.0 Å². The Bertz CT molecular complexity index is 1270. The van der Waals surface area contributed by atoms with Crippen molar-refractivity contribution < 1.29 is 9.59 Å². The van der Waals surface area contributed by atoms with Crippen LogP contribution in [0.3, 0.4) is 0 Å². The summed E-state index contributed by atoms with van der Waals surface area (Å²) >= 11 is 0. The fourth-order valence-corrected chi connectivity index (χ4v) is 3.37. The van der Waals surface area contributed by atoms with E-state index in [4.69, 9.17) is 0 Å². The molecule has 3 aromatic rings. The second-order valence-electron chi connectivity index (χ2n) is 5.84. The molecule has 0 aliphatic rings. The summed E-state index contributed by atoms with van der Waals surface area (Å²) in [6.45, 7) is 2.66. The van der Waals surface area contributed by atoms with Crippen LogP contribution in [0.5, 0.6) is 0 Å². The van der Waals surface area contributed by atoms with Gasteiger partial charge in [-0.1, -0.05) is 24.3 Å². The van der Waals surface area contributed by atoms with Crippen molar-refractivity contribution in [2.75, 3.05) is 0 Å². The number of carbonyl (C=O) groups is 2. The average molecular weight is 337 g/mol. The minimum Gasteiger partial charge on any atom is -0.294 e. The molecule has 0 spiro atoms. The monoisotopic (exact) mass is 337 g/mol. The summed E-state index contributed by atoms with van der Waals surface area (Å²) in [7, 11) is 0. The molecule has 3 aromatic carbocycles. The smallest absolute Gasteiger partial charge is 0.161 e. The molecule has 0 unspecified atom stereocenters. The summed E-state index contributed by atoms with van der Waals surface area (Å²) in [4.78, 5) is 24.8. The molecular weight excluding hydrogens is 326 g/mol. The van der Waals surface area contributed by atoms with Gasteiger partial charge >= 0.3 is 0 Å². The lowest BCUT2D eigenvalue weighted by Gasteiger charge is -2.15. The zero-order valence-corrected chi connectivity index (χ0v) is 14.0. The lowest BCUT2D eigenvalue weighted by atomic mass is 9.83. The SMILES string of the molecule is CC(=O)c1c(C#N)c(C#N)c(C#N)c2cc3ccccc3c(C(C)=O)c12. The number of fused-ring (bicyclic) bond motifs is 2. The highest BCUT2D eigenvalue weighted by Gasteiger charge is 2.26. The van der Waals surface area contributed by atoms with Crippen molar-refractivity contribution in [2.45, 2.75) is 13.8 Å². The Morgan fingerprint density at radius 1 is 0.769 bits per heavy atom. The summed E-state index contributed by atoms with van der Waals surface area (Å²) in [5.74, 6) is -0.725. The minimum absolute atomic E-state index is 0.00250. The Kier molecular flexibility index (Phi) is 3.97. The van der Waals surface area contributed by atoms with Gasteiger partial charge in [-0.3, -0.25) is 9.59 Å². The van der Waals surface area contributed by atoms with Crippen molar-refractivity contribution in [3.8, 4) is 18.2 Å². The molecule has 0 aromatic heterocycles. The molecule has 26 heavy (non-hydrogen) atoms. The lowest BCUT2D eigenvalue weighted by Crippen LogP contribution is -2.08. The van der Waals surface area contributed by atoms with Crippen LogP contribution in [-0.2, 0) is 0 Å². The Morgan fingerprint density at radius 3 is 1.88 bits per heavy atom. The molecule has 5 heteroatoms. The topological polar surface area (TPSA) is 106 Å². The van der Waals surface area contributed by atoms with Gasteiger partial charge < -0.3 is 0 Å². The Balaban J connectivity index is 2.85. The van der Waals surface area contributed by atoms with Crippen molar-refractivity contribution in [1.29, 1.82) is 15.8 Å². The van der Waals surface area contributed by atoms with Gasteiger partial charge in [-0.2, -0.15) is 15.8 Å². The van der Waals surface area contributed by atoms with E-state index in [2.05, 4.69) is 0 Å². The second-order valence-corrected chi connectivity index (χ2v) is 5.84. The Morgan fingerprint density at radius 2 is 1.35 bits per heavy atom. The standard InChI is InChI=1S/C21H11N3O2/c1-11(25)19-14-6-4-3-5-13(14)7-15-16(8-22)17(9-23)18(10-24)20(12(2)26)21(15)19/h3-7H,1-2H3. The molecule has 0 aliphatic carbocycles. The van der Waals surface area contributed by atoms with Crippen LogP contribution in [0.15, 0.2) is 30.3 Å². The number of benzene rings is 3. The van der Waals surface area contributed by atoms with Crippen LogP contribution in [0.2, 0.25) is 0 Å². The van der Waals surface area contributed by atoms with Crippen molar-refractivity contribution >= 4 is 33.1 Å². The average Bonchev–Trinajstić information content (AvgIpc) is 2.63. The first-order valence-electron chi connectivity index (χ1n) is 7.73. The summed E-state index contributed by atoms with van der Waals surface area (Å²) in [5.41, 5.74) is -0.0218. The number of nitriles is 3. The van der Waals surface area contributed by atoms with Gasteiger partial charge in [-0.15, -0.1) is 0 Å². The fourth-order valence-electron chi connectivity index (χ4n) is 3.37. The first-order valence-corrected chi connectivity index (χ1v) is 7.73. The van der Waals surface area contributed by atoms with Crippen LogP contribution in [0.25, 0.3) is 21.5 Å². The second kappa shape index (κ2) is 6.13. The van der Waals surface area contributed by atoms with E-state index in [9.17, 15) is 25.4 Å². The Hall–Kier alpha value is -4.01. The third kappa shape index (κ3) is 2.22. The highest BCUT2D eigenvalue weighted by Crippen LogP contribution is 2.37. The van der Waals surface area contributed by atoms with Crippen LogP contribution in [-0.4, -0.2) is 11.6 Å². The highest BCUT2D eigenvalue weighted by atomic mass is 16.1. The molecule has 0 radical (unpaired) electrons. The molecule has 0 aliphatic heterocycles. The molecular formula is C21H11N3O2. The number of nitrogens with zero attached hydrogens (tertiary/aromatic N) is 3. The van der Waals surface area contributed by atoms with E-state index in [-0.39, 0.29) is 39.0 Å². The zero-order valence-electron chi connectivity index (χ0n) is 14.0. The largest absolute Gasteiger partial charge is 0.294 e. The predicted molar refractivity (Wildman–Crippen MR) is 95.6 cm³/mol. The summed E-state index contributed by atoms with van der Waals surface area (Å²) in [6.07, 6.45) is 0. The number of hydrogen-bond acceptors (Lipinski definition) is 5. The number of carbonyl (C=O) groups excluding carboxylic acids is 2. The van der Waals surface area contributed by atoms with Crippen LogP contribution in [0.1, 0.15) is 51.3 Å². The highest BCUT2D eigenvalue weighted by molar-refractivity contribution is 6.25. The molecule has 0 saturated heterocycles. The maximum absolute atomic E-state index is 12.5. The summed E-state index contributed by atoms with van der Waals surface area (Å²) < 4.78 is 0. The summed E-state index contributed by atoms with van der Waals surface area (Å²) in [5, 5.41) is 30.6. The van der Waals surface area contributed by atoms with Crippen LogP contribution < -0.4 is 0 Å². The number of ketones is 2. The van der Waals surface area contributed by atoms with Gasteiger partial charge in [0.25, 0.3) is 0 Å². The zero-order chi connectivity index (χ0) is 19.0. The lowest BCUT2D eigenvalue weighted by molar-refractivity contribution is 0.101.